The summed E-state index contributed by atoms with van der Waals surface area (Å²) in [4.78, 5) is 23.7. The lowest BCUT2D eigenvalue weighted by molar-refractivity contribution is -0.130. The predicted octanol–water partition coefficient (Wildman–Crippen LogP) is 1.03. The van der Waals surface area contributed by atoms with Crippen molar-refractivity contribution in [3.05, 3.63) is 48.5 Å². The lowest BCUT2D eigenvalue weighted by atomic mass is 10.1. The molecule has 2 saturated heterocycles. The van der Waals surface area contributed by atoms with Crippen molar-refractivity contribution in [2.75, 3.05) is 24.6 Å². The molecule has 0 spiro atoms. The first-order chi connectivity index (χ1) is 10.8. The van der Waals surface area contributed by atoms with Crippen LogP contribution in [0, 0.1) is 0 Å². The zero-order valence-corrected chi connectivity index (χ0v) is 12.2. The quantitative estimate of drug-likeness (QED) is 0.919. The number of hydrogen-bond donors (Lipinski definition) is 1. The van der Waals surface area contributed by atoms with E-state index in [0.29, 0.717) is 0 Å². The molecule has 1 N–H and O–H groups in total. The van der Waals surface area contributed by atoms with Gasteiger partial charge in [-0.15, -0.1) is 0 Å². The molecule has 0 aliphatic carbocycles. The fourth-order valence-corrected chi connectivity index (χ4v) is 3.34. The van der Waals surface area contributed by atoms with Gasteiger partial charge in [0, 0.05) is 37.2 Å². The van der Waals surface area contributed by atoms with Crippen LogP contribution in [0.15, 0.2) is 42.9 Å². The number of amides is 1. The Hall–Kier alpha value is -2.18. The van der Waals surface area contributed by atoms with Crippen LogP contribution in [0.3, 0.4) is 0 Å². The second-order valence-corrected chi connectivity index (χ2v) is 5.79. The minimum Gasteiger partial charge on any atom is -0.365 e. The SMILES string of the molecule is O=C1CO[C@H]2CN(Cc3cnc[nH]3)C[C@@H]2N1c1ccccc1. The van der Waals surface area contributed by atoms with Crippen molar-refractivity contribution in [1.29, 1.82) is 0 Å². The molecule has 2 aliphatic rings. The number of morpholine rings is 1. The van der Waals surface area contributed by atoms with Gasteiger partial charge >= 0.3 is 0 Å². The number of H-pyrrole nitrogens is 1. The maximum absolute atomic E-state index is 12.3. The van der Waals surface area contributed by atoms with E-state index in [1.807, 2.05) is 41.4 Å². The lowest BCUT2D eigenvalue weighted by Crippen LogP contribution is -2.54. The summed E-state index contributed by atoms with van der Waals surface area (Å²) in [5.41, 5.74) is 2.03. The minimum atomic E-state index is 0.0378. The van der Waals surface area contributed by atoms with Gasteiger partial charge < -0.3 is 14.6 Å². The fourth-order valence-electron chi connectivity index (χ4n) is 3.34. The summed E-state index contributed by atoms with van der Waals surface area (Å²) < 4.78 is 5.76. The summed E-state index contributed by atoms with van der Waals surface area (Å²) in [6.07, 6.45) is 3.60. The molecule has 114 valence electrons. The van der Waals surface area contributed by atoms with E-state index in [4.69, 9.17) is 4.74 Å². The van der Waals surface area contributed by atoms with E-state index in [1.54, 1.807) is 6.33 Å². The van der Waals surface area contributed by atoms with E-state index < -0.39 is 0 Å². The number of aromatic amines is 1. The van der Waals surface area contributed by atoms with Gasteiger partial charge in [0.15, 0.2) is 0 Å². The molecule has 0 unspecified atom stereocenters. The highest BCUT2D eigenvalue weighted by Gasteiger charge is 2.43. The number of benzene rings is 1. The molecule has 4 rings (SSSR count). The van der Waals surface area contributed by atoms with Gasteiger partial charge in [-0.25, -0.2) is 4.98 Å². The standard InChI is InChI=1S/C16H18N4O2/c21-16-10-22-15-9-19(7-12-6-17-11-18-12)8-14(15)20(16)13-4-2-1-3-5-13/h1-6,11,14-15H,7-10H2,(H,17,18)/t14-,15-/m0/s1. The Morgan fingerprint density at radius 1 is 1.27 bits per heavy atom. The molecular weight excluding hydrogens is 280 g/mol. The summed E-state index contributed by atoms with van der Waals surface area (Å²) in [5.74, 6) is 0.0378. The smallest absolute Gasteiger partial charge is 0.253 e. The van der Waals surface area contributed by atoms with Crippen molar-refractivity contribution in [2.45, 2.75) is 18.7 Å². The normalized spacial score (nSPS) is 25.5. The van der Waals surface area contributed by atoms with Crippen molar-refractivity contribution >= 4 is 11.6 Å². The average Bonchev–Trinajstić information content (AvgIpc) is 3.17. The second kappa shape index (κ2) is 5.55. The number of hydrogen-bond acceptors (Lipinski definition) is 4. The summed E-state index contributed by atoms with van der Waals surface area (Å²) in [6.45, 7) is 2.60. The summed E-state index contributed by atoms with van der Waals surface area (Å²) >= 11 is 0. The Morgan fingerprint density at radius 3 is 2.91 bits per heavy atom. The summed E-state index contributed by atoms with van der Waals surface area (Å²) in [5, 5.41) is 0. The van der Waals surface area contributed by atoms with Crippen LogP contribution in [0.5, 0.6) is 0 Å². The van der Waals surface area contributed by atoms with Gasteiger partial charge in [-0.05, 0) is 12.1 Å². The number of para-hydroxylation sites is 1. The van der Waals surface area contributed by atoms with Crippen LogP contribution >= 0.6 is 0 Å². The van der Waals surface area contributed by atoms with Crippen molar-refractivity contribution in [3.63, 3.8) is 0 Å². The zero-order chi connectivity index (χ0) is 14.9. The average molecular weight is 298 g/mol. The number of aromatic nitrogens is 2. The number of nitrogens with zero attached hydrogens (tertiary/aromatic N) is 3. The number of likely N-dealkylation sites (tertiary alicyclic amines) is 1. The molecule has 0 saturated carbocycles. The summed E-state index contributed by atoms with van der Waals surface area (Å²) in [6, 6.07) is 9.93. The highest BCUT2D eigenvalue weighted by Crippen LogP contribution is 2.29. The van der Waals surface area contributed by atoms with Gasteiger partial charge in [0.05, 0.1) is 18.5 Å². The second-order valence-electron chi connectivity index (χ2n) is 5.79. The molecule has 3 heterocycles. The van der Waals surface area contributed by atoms with Gasteiger partial charge in [-0.1, -0.05) is 18.2 Å². The molecule has 2 atom stereocenters. The first-order valence-electron chi connectivity index (χ1n) is 7.49. The van der Waals surface area contributed by atoms with E-state index in [-0.39, 0.29) is 24.7 Å². The van der Waals surface area contributed by atoms with Gasteiger partial charge in [0.2, 0.25) is 0 Å². The number of imidazole rings is 1. The van der Waals surface area contributed by atoms with Crippen molar-refractivity contribution in [2.24, 2.45) is 0 Å². The van der Waals surface area contributed by atoms with Crippen LogP contribution in [-0.2, 0) is 16.1 Å². The maximum Gasteiger partial charge on any atom is 0.253 e. The number of carbonyl (C=O) groups excluding carboxylic acids is 1. The predicted molar refractivity (Wildman–Crippen MR) is 81.3 cm³/mol. The largest absolute Gasteiger partial charge is 0.365 e. The van der Waals surface area contributed by atoms with E-state index in [2.05, 4.69) is 14.9 Å². The Balaban J connectivity index is 1.55. The Bertz CT molecular complexity index is 643. The number of fused-ring (bicyclic) bond motifs is 1. The monoisotopic (exact) mass is 298 g/mol. The molecule has 2 aromatic rings. The zero-order valence-electron chi connectivity index (χ0n) is 12.2. The van der Waals surface area contributed by atoms with Crippen LogP contribution in [0.25, 0.3) is 0 Å². The summed E-state index contributed by atoms with van der Waals surface area (Å²) in [7, 11) is 0. The van der Waals surface area contributed by atoms with Gasteiger partial charge in [0.25, 0.3) is 5.91 Å². The van der Waals surface area contributed by atoms with Crippen LogP contribution in [0.1, 0.15) is 5.69 Å². The van der Waals surface area contributed by atoms with Gasteiger partial charge in [-0.3, -0.25) is 9.69 Å². The van der Waals surface area contributed by atoms with Gasteiger partial charge in [0.1, 0.15) is 6.61 Å². The fraction of sp³-hybridized carbons (Fsp3) is 0.375. The van der Waals surface area contributed by atoms with E-state index >= 15 is 0 Å². The molecule has 1 amide bonds. The molecule has 0 radical (unpaired) electrons. The van der Waals surface area contributed by atoms with Gasteiger partial charge in [-0.2, -0.15) is 0 Å². The topological polar surface area (TPSA) is 61.5 Å². The molecule has 6 heteroatoms. The Morgan fingerprint density at radius 2 is 2.14 bits per heavy atom. The van der Waals surface area contributed by atoms with Crippen LogP contribution in [-0.4, -0.2) is 52.6 Å². The number of ether oxygens (including phenoxy) is 1. The molecule has 6 nitrogen and oxygen atoms in total. The molecule has 0 bridgehead atoms. The first kappa shape index (κ1) is 13.5. The van der Waals surface area contributed by atoms with E-state index in [1.165, 1.54) is 0 Å². The third kappa shape index (κ3) is 2.40. The Kier molecular flexibility index (Phi) is 3.40. The Labute approximate surface area is 128 Å². The highest BCUT2D eigenvalue weighted by atomic mass is 16.5. The number of nitrogens with one attached hydrogen (secondary N) is 1. The molecule has 2 fully saturated rings. The first-order valence-corrected chi connectivity index (χ1v) is 7.49. The third-order valence-electron chi connectivity index (χ3n) is 4.32. The van der Waals surface area contributed by atoms with Crippen molar-refractivity contribution in [3.8, 4) is 0 Å². The number of anilines is 1. The van der Waals surface area contributed by atoms with Crippen LogP contribution < -0.4 is 4.90 Å². The van der Waals surface area contributed by atoms with Crippen LogP contribution in [0.2, 0.25) is 0 Å². The molecule has 1 aromatic heterocycles. The maximum atomic E-state index is 12.3. The number of rotatable bonds is 3. The lowest BCUT2D eigenvalue weighted by Gasteiger charge is -2.36. The molecule has 1 aromatic carbocycles. The third-order valence-corrected chi connectivity index (χ3v) is 4.32. The van der Waals surface area contributed by atoms with Crippen molar-refractivity contribution in [1.82, 2.24) is 14.9 Å². The van der Waals surface area contributed by atoms with Crippen LogP contribution in [0.4, 0.5) is 5.69 Å². The number of carbonyl (C=O) groups is 1. The van der Waals surface area contributed by atoms with Crippen molar-refractivity contribution < 1.29 is 9.53 Å². The molecule has 22 heavy (non-hydrogen) atoms. The molecular formula is C16H18N4O2. The minimum absolute atomic E-state index is 0.0378. The van der Waals surface area contributed by atoms with E-state index in [9.17, 15) is 4.79 Å². The highest BCUT2D eigenvalue weighted by molar-refractivity contribution is 5.95. The van der Waals surface area contributed by atoms with E-state index in [0.717, 1.165) is 31.0 Å². The molecule has 2 aliphatic heterocycles.